The molecule has 1 aliphatic rings. The lowest BCUT2D eigenvalue weighted by Crippen LogP contribution is -2.32. The highest BCUT2D eigenvalue weighted by molar-refractivity contribution is 5.91. The second-order valence-electron chi connectivity index (χ2n) is 5.02. The lowest BCUT2D eigenvalue weighted by molar-refractivity contribution is -0.142. The molecule has 6 heteroatoms. The van der Waals surface area contributed by atoms with Gasteiger partial charge in [0.2, 0.25) is 5.91 Å². The average molecular weight is 243 g/mol. The quantitative estimate of drug-likeness (QED) is 0.723. The van der Waals surface area contributed by atoms with Crippen molar-refractivity contribution in [3.05, 3.63) is 0 Å². The van der Waals surface area contributed by atoms with Crippen molar-refractivity contribution in [2.45, 2.75) is 20.3 Å². The molecule has 0 unspecified atom stereocenters. The molecular formula is C11H17NO5. The van der Waals surface area contributed by atoms with E-state index in [1.54, 1.807) is 13.8 Å². The van der Waals surface area contributed by atoms with Crippen LogP contribution in [0.15, 0.2) is 0 Å². The molecule has 2 N–H and O–H groups in total. The van der Waals surface area contributed by atoms with Gasteiger partial charge in [0.25, 0.3) is 0 Å². The first-order chi connectivity index (χ1) is 7.69. The number of nitrogens with zero attached hydrogens (tertiary/aromatic N) is 1. The minimum absolute atomic E-state index is 0.104. The van der Waals surface area contributed by atoms with E-state index in [1.165, 1.54) is 11.9 Å². The fourth-order valence-electron chi connectivity index (χ4n) is 2.17. The Morgan fingerprint density at radius 1 is 1.18 bits per heavy atom. The number of amides is 1. The van der Waals surface area contributed by atoms with Crippen molar-refractivity contribution in [2.24, 2.45) is 17.3 Å². The van der Waals surface area contributed by atoms with Crippen LogP contribution < -0.4 is 0 Å². The van der Waals surface area contributed by atoms with Gasteiger partial charge in [0.05, 0.1) is 18.3 Å². The van der Waals surface area contributed by atoms with Crippen molar-refractivity contribution in [3.8, 4) is 0 Å². The Kier molecular flexibility index (Phi) is 3.45. The normalized spacial score (nSPS) is 25.1. The lowest BCUT2D eigenvalue weighted by Gasteiger charge is -2.16. The van der Waals surface area contributed by atoms with Crippen LogP contribution in [0.4, 0.5) is 0 Å². The Hall–Kier alpha value is -1.59. The molecule has 0 bridgehead atoms. The molecule has 0 spiro atoms. The Morgan fingerprint density at radius 3 is 2.06 bits per heavy atom. The van der Waals surface area contributed by atoms with Gasteiger partial charge in [0.15, 0.2) is 0 Å². The van der Waals surface area contributed by atoms with Gasteiger partial charge in [-0.25, -0.2) is 0 Å². The SMILES string of the molecule is CN(CCC(=O)O)C(=O)[C@@H]1[C@H](C(=O)O)C1(C)C. The number of carbonyl (C=O) groups is 3. The maximum absolute atomic E-state index is 11.9. The molecule has 0 aromatic heterocycles. The van der Waals surface area contributed by atoms with E-state index in [0.717, 1.165) is 0 Å². The van der Waals surface area contributed by atoms with Gasteiger partial charge in [-0.15, -0.1) is 0 Å². The molecule has 0 aromatic rings. The molecule has 1 saturated carbocycles. The average Bonchev–Trinajstić information content (AvgIpc) is 2.76. The molecule has 6 nitrogen and oxygen atoms in total. The summed E-state index contributed by atoms with van der Waals surface area (Å²) in [5, 5.41) is 17.5. The lowest BCUT2D eigenvalue weighted by atomic mass is 10.1. The van der Waals surface area contributed by atoms with Crippen LogP contribution in [0.25, 0.3) is 0 Å². The third-order valence-corrected chi connectivity index (χ3v) is 3.40. The Labute approximate surface area is 99.2 Å². The zero-order valence-corrected chi connectivity index (χ0v) is 10.1. The number of carboxylic acids is 2. The highest BCUT2D eigenvalue weighted by atomic mass is 16.4. The van der Waals surface area contributed by atoms with Crippen LogP contribution in [0, 0.1) is 17.3 Å². The van der Waals surface area contributed by atoms with E-state index in [0.29, 0.717) is 0 Å². The zero-order valence-electron chi connectivity index (χ0n) is 10.1. The number of hydrogen-bond donors (Lipinski definition) is 2. The second-order valence-corrected chi connectivity index (χ2v) is 5.02. The van der Waals surface area contributed by atoms with E-state index >= 15 is 0 Å². The van der Waals surface area contributed by atoms with Crippen molar-refractivity contribution < 1.29 is 24.6 Å². The van der Waals surface area contributed by atoms with Gasteiger partial charge in [-0.05, 0) is 5.41 Å². The zero-order chi connectivity index (χ0) is 13.4. The summed E-state index contributed by atoms with van der Waals surface area (Å²) in [6.45, 7) is 3.58. The Balaban J connectivity index is 2.60. The van der Waals surface area contributed by atoms with Gasteiger partial charge in [0.1, 0.15) is 0 Å². The van der Waals surface area contributed by atoms with Crippen molar-refractivity contribution in [1.82, 2.24) is 4.90 Å². The third kappa shape index (κ3) is 2.57. The minimum atomic E-state index is -0.977. The van der Waals surface area contributed by atoms with Gasteiger partial charge >= 0.3 is 11.9 Å². The fraction of sp³-hybridized carbons (Fsp3) is 0.727. The number of carbonyl (C=O) groups excluding carboxylic acids is 1. The number of carboxylic acid groups (broad SMARTS) is 2. The van der Waals surface area contributed by atoms with E-state index in [4.69, 9.17) is 10.2 Å². The molecule has 2 atom stereocenters. The molecule has 1 amide bonds. The van der Waals surface area contributed by atoms with E-state index in [1.807, 2.05) is 0 Å². The maximum Gasteiger partial charge on any atom is 0.307 e. The molecule has 1 rings (SSSR count). The largest absolute Gasteiger partial charge is 0.481 e. The van der Waals surface area contributed by atoms with Crippen molar-refractivity contribution in [3.63, 3.8) is 0 Å². The summed E-state index contributed by atoms with van der Waals surface area (Å²) >= 11 is 0. The molecule has 1 aliphatic carbocycles. The smallest absolute Gasteiger partial charge is 0.307 e. The third-order valence-electron chi connectivity index (χ3n) is 3.40. The summed E-state index contributed by atoms with van der Waals surface area (Å²) in [7, 11) is 1.50. The molecule has 1 fully saturated rings. The number of rotatable bonds is 5. The molecule has 96 valence electrons. The van der Waals surface area contributed by atoms with Crippen LogP contribution >= 0.6 is 0 Å². The highest BCUT2D eigenvalue weighted by Gasteiger charge is 2.66. The first-order valence-corrected chi connectivity index (χ1v) is 5.39. The van der Waals surface area contributed by atoms with Crippen molar-refractivity contribution in [1.29, 1.82) is 0 Å². The van der Waals surface area contributed by atoms with Crippen LogP contribution in [-0.4, -0.2) is 46.6 Å². The van der Waals surface area contributed by atoms with Gasteiger partial charge in [-0.3, -0.25) is 14.4 Å². The summed E-state index contributed by atoms with van der Waals surface area (Å²) in [5.74, 6) is -3.45. The molecule has 0 heterocycles. The maximum atomic E-state index is 11.9. The second kappa shape index (κ2) is 4.35. The Bertz CT molecular complexity index is 363. The van der Waals surface area contributed by atoms with E-state index in [9.17, 15) is 14.4 Å². The predicted octanol–water partition coefficient (Wildman–Crippen LogP) is 0.276. The molecular weight excluding hydrogens is 226 g/mol. The summed E-state index contributed by atoms with van der Waals surface area (Å²) in [6.07, 6.45) is -0.132. The fourth-order valence-corrected chi connectivity index (χ4v) is 2.17. The van der Waals surface area contributed by atoms with Crippen LogP contribution in [0.5, 0.6) is 0 Å². The van der Waals surface area contributed by atoms with Crippen LogP contribution in [-0.2, 0) is 14.4 Å². The van der Waals surface area contributed by atoms with Gasteiger partial charge in [0, 0.05) is 13.6 Å². The first kappa shape index (κ1) is 13.5. The van der Waals surface area contributed by atoms with Crippen molar-refractivity contribution >= 4 is 17.8 Å². The van der Waals surface area contributed by atoms with Gasteiger partial charge < -0.3 is 15.1 Å². The first-order valence-electron chi connectivity index (χ1n) is 5.39. The molecule has 17 heavy (non-hydrogen) atoms. The minimum Gasteiger partial charge on any atom is -0.481 e. The number of aliphatic carboxylic acids is 2. The molecule has 0 radical (unpaired) electrons. The highest BCUT2D eigenvalue weighted by Crippen LogP contribution is 2.58. The summed E-state index contributed by atoms with van der Waals surface area (Å²) in [6, 6.07) is 0. The molecule has 0 aliphatic heterocycles. The Morgan fingerprint density at radius 2 is 1.71 bits per heavy atom. The topological polar surface area (TPSA) is 94.9 Å². The monoisotopic (exact) mass is 243 g/mol. The summed E-state index contributed by atoms with van der Waals surface area (Å²) in [4.78, 5) is 34.5. The summed E-state index contributed by atoms with van der Waals surface area (Å²) < 4.78 is 0. The van der Waals surface area contributed by atoms with Gasteiger partial charge in [-0.2, -0.15) is 0 Å². The van der Waals surface area contributed by atoms with Crippen LogP contribution in [0.3, 0.4) is 0 Å². The van der Waals surface area contributed by atoms with Crippen LogP contribution in [0.1, 0.15) is 20.3 Å². The number of hydrogen-bond acceptors (Lipinski definition) is 3. The summed E-state index contributed by atoms with van der Waals surface area (Å²) in [5.41, 5.74) is -0.541. The van der Waals surface area contributed by atoms with Gasteiger partial charge in [-0.1, -0.05) is 13.8 Å². The standard InChI is InChI=1S/C11H17NO5/c1-11(2)7(8(11)10(16)17)9(15)12(3)5-4-6(13)14/h7-8H,4-5H2,1-3H3,(H,13,14)(H,16,17)/t7-,8+/m0/s1. The van der Waals surface area contributed by atoms with E-state index in [2.05, 4.69) is 0 Å². The predicted molar refractivity (Wildman–Crippen MR) is 58.3 cm³/mol. The van der Waals surface area contributed by atoms with Crippen molar-refractivity contribution in [2.75, 3.05) is 13.6 Å². The molecule has 0 aromatic carbocycles. The molecule has 0 saturated heterocycles. The van der Waals surface area contributed by atoms with E-state index < -0.39 is 29.2 Å². The van der Waals surface area contributed by atoms with Crippen LogP contribution in [0.2, 0.25) is 0 Å². The van der Waals surface area contributed by atoms with E-state index in [-0.39, 0.29) is 18.9 Å².